The number of aryl methyl sites for hydroxylation is 1. The molecule has 188 valence electrons. The molecule has 5 rings (SSSR count). The van der Waals surface area contributed by atoms with Crippen LogP contribution in [0.4, 0.5) is 4.39 Å². The largest absolute Gasteiger partial charge is 0.490 e. The zero-order valence-corrected chi connectivity index (χ0v) is 20.5. The van der Waals surface area contributed by atoms with Gasteiger partial charge in [0.15, 0.2) is 0 Å². The van der Waals surface area contributed by atoms with Gasteiger partial charge in [-0.15, -0.1) is 0 Å². The highest BCUT2D eigenvalue weighted by molar-refractivity contribution is 6.42. The number of Topliss-reactive ketones (excluding diaryl/α,β-unsaturated/α-hetero) is 1. The van der Waals surface area contributed by atoms with Crippen LogP contribution in [-0.4, -0.2) is 42.3 Å². The van der Waals surface area contributed by atoms with Gasteiger partial charge in [-0.1, -0.05) is 48.5 Å². The van der Waals surface area contributed by atoms with E-state index >= 15 is 0 Å². The Morgan fingerprint density at radius 2 is 1.44 bits per heavy atom. The number of hydrogen-bond acceptors (Lipinski definition) is 4. The summed E-state index contributed by atoms with van der Waals surface area (Å²) in [4.78, 5) is 24.6. The van der Waals surface area contributed by atoms with Crippen molar-refractivity contribution >= 4 is 11.7 Å². The molecule has 0 unspecified atom stereocenters. The van der Waals surface area contributed by atoms with E-state index in [0.717, 1.165) is 16.9 Å². The first-order valence-corrected chi connectivity index (χ1v) is 12.7. The number of amides is 1. The third-order valence-electron chi connectivity index (χ3n) is 6.44. The van der Waals surface area contributed by atoms with Crippen LogP contribution in [-0.2, 0) is 11.2 Å². The SMILES string of the molecule is NC(=O)C(=O)c1ccc(-c2ccc(F)cc2)cc1.c1cc(OC2CC2)ccc1CCCN1CCCC1. The Kier molecular flexibility index (Phi) is 8.85. The first kappa shape index (κ1) is 25.6. The lowest BCUT2D eigenvalue weighted by molar-refractivity contribution is -0.114. The monoisotopic (exact) mass is 488 g/mol. The molecule has 2 aliphatic rings. The molecule has 2 fully saturated rings. The van der Waals surface area contributed by atoms with E-state index in [1.165, 1.54) is 88.0 Å². The number of ketones is 1. The van der Waals surface area contributed by atoms with Gasteiger partial charge in [0, 0.05) is 5.56 Å². The van der Waals surface area contributed by atoms with Crippen molar-refractivity contribution in [3.63, 3.8) is 0 Å². The fourth-order valence-electron chi connectivity index (χ4n) is 4.22. The molecule has 0 atom stereocenters. The van der Waals surface area contributed by atoms with Crippen molar-refractivity contribution in [3.8, 4) is 16.9 Å². The Morgan fingerprint density at radius 3 is 2.00 bits per heavy atom. The fraction of sp³-hybridized carbons (Fsp3) is 0.333. The predicted octanol–water partition coefficient (Wildman–Crippen LogP) is 5.42. The Bertz CT molecular complexity index is 1130. The standard InChI is InChI=1S/C16H23NO.C14H10FNO2/c1-2-12-17(11-1)13-3-4-14-5-7-15(8-6-14)18-16-9-10-16;15-12-7-5-10(6-8-12)9-1-3-11(4-2-9)13(17)14(16)18/h5-8,16H,1-4,9-13H2;1-8H,(H2,16,18). The zero-order chi connectivity index (χ0) is 25.3. The number of ether oxygens (including phenoxy) is 1. The fourth-order valence-corrected chi connectivity index (χ4v) is 4.22. The number of hydrogen-bond donors (Lipinski definition) is 1. The molecule has 0 bridgehead atoms. The minimum absolute atomic E-state index is 0.244. The van der Waals surface area contributed by atoms with Crippen molar-refractivity contribution in [1.29, 1.82) is 0 Å². The van der Waals surface area contributed by atoms with Crippen LogP contribution in [0, 0.1) is 5.82 Å². The van der Waals surface area contributed by atoms with Gasteiger partial charge in [0.1, 0.15) is 11.6 Å². The molecule has 1 saturated heterocycles. The van der Waals surface area contributed by atoms with E-state index in [4.69, 9.17) is 10.5 Å². The topological polar surface area (TPSA) is 72.6 Å². The summed E-state index contributed by atoms with van der Waals surface area (Å²) < 4.78 is 18.5. The number of carbonyl (C=O) groups excluding carboxylic acids is 2. The van der Waals surface area contributed by atoms with Crippen LogP contribution in [0.5, 0.6) is 5.75 Å². The lowest BCUT2D eigenvalue weighted by Gasteiger charge is -2.14. The first-order valence-electron chi connectivity index (χ1n) is 12.7. The maximum atomic E-state index is 12.8. The van der Waals surface area contributed by atoms with Gasteiger partial charge < -0.3 is 15.4 Å². The third kappa shape index (κ3) is 7.75. The van der Waals surface area contributed by atoms with Gasteiger partial charge >= 0.3 is 0 Å². The van der Waals surface area contributed by atoms with Crippen LogP contribution in [0.25, 0.3) is 11.1 Å². The Labute approximate surface area is 212 Å². The first-order chi connectivity index (χ1) is 17.5. The average Bonchev–Trinajstić information content (AvgIpc) is 3.56. The minimum Gasteiger partial charge on any atom is -0.490 e. The Balaban J connectivity index is 0.000000169. The van der Waals surface area contributed by atoms with Crippen molar-refractivity contribution in [2.24, 2.45) is 5.73 Å². The second-order valence-electron chi connectivity index (χ2n) is 9.39. The van der Waals surface area contributed by atoms with E-state index in [-0.39, 0.29) is 11.4 Å². The molecule has 1 aliphatic carbocycles. The summed E-state index contributed by atoms with van der Waals surface area (Å²) in [6.45, 7) is 3.89. The van der Waals surface area contributed by atoms with Gasteiger partial charge in [-0.2, -0.15) is 0 Å². The number of benzene rings is 3. The quantitative estimate of drug-likeness (QED) is 0.323. The molecule has 1 aliphatic heterocycles. The summed E-state index contributed by atoms with van der Waals surface area (Å²) >= 11 is 0. The molecule has 5 nitrogen and oxygen atoms in total. The van der Waals surface area contributed by atoms with Crippen molar-refractivity contribution < 1.29 is 18.7 Å². The number of rotatable bonds is 9. The Hall–Kier alpha value is -3.51. The molecule has 0 aromatic heterocycles. The van der Waals surface area contributed by atoms with E-state index in [0.29, 0.717) is 6.10 Å². The van der Waals surface area contributed by atoms with Gasteiger partial charge in [-0.3, -0.25) is 9.59 Å². The summed E-state index contributed by atoms with van der Waals surface area (Å²) in [6, 6.07) is 21.1. The highest BCUT2D eigenvalue weighted by Crippen LogP contribution is 2.27. The van der Waals surface area contributed by atoms with Crippen molar-refractivity contribution in [1.82, 2.24) is 4.90 Å². The normalized spacial score (nSPS) is 15.1. The van der Waals surface area contributed by atoms with E-state index in [2.05, 4.69) is 29.2 Å². The highest BCUT2D eigenvalue weighted by atomic mass is 19.1. The Morgan fingerprint density at radius 1 is 0.861 bits per heavy atom. The van der Waals surface area contributed by atoms with Gasteiger partial charge in [0.05, 0.1) is 6.10 Å². The molecular formula is C30H33FN2O3. The molecule has 0 radical (unpaired) electrons. The van der Waals surface area contributed by atoms with Gasteiger partial charge in [-0.05, 0) is 99.1 Å². The predicted molar refractivity (Wildman–Crippen MR) is 139 cm³/mol. The molecule has 6 heteroatoms. The van der Waals surface area contributed by atoms with Gasteiger partial charge in [-0.25, -0.2) is 4.39 Å². The summed E-state index contributed by atoms with van der Waals surface area (Å²) in [6.07, 6.45) is 8.24. The van der Waals surface area contributed by atoms with E-state index in [1.54, 1.807) is 24.3 Å². The number of nitrogens with zero attached hydrogens (tertiary/aromatic N) is 1. The van der Waals surface area contributed by atoms with Crippen LogP contribution >= 0.6 is 0 Å². The van der Waals surface area contributed by atoms with Crippen LogP contribution < -0.4 is 10.5 Å². The number of primary amides is 1. The molecule has 3 aromatic carbocycles. The second-order valence-corrected chi connectivity index (χ2v) is 9.39. The molecule has 1 saturated carbocycles. The maximum absolute atomic E-state index is 12.8. The summed E-state index contributed by atoms with van der Waals surface area (Å²) in [5, 5.41) is 0. The van der Waals surface area contributed by atoms with Crippen LogP contribution in [0.15, 0.2) is 72.8 Å². The van der Waals surface area contributed by atoms with Crippen molar-refractivity contribution in [3.05, 3.63) is 89.7 Å². The lowest BCUT2D eigenvalue weighted by atomic mass is 10.0. The number of halogens is 1. The van der Waals surface area contributed by atoms with Crippen molar-refractivity contribution in [2.75, 3.05) is 19.6 Å². The third-order valence-corrected chi connectivity index (χ3v) is 6.44. The smallest absolute Gasteiger partial charge is 0.289 e. The van der Waals surface area contributed by atoms with Crippen molar-refractivity contribution in [2.45, 2.75) is 44.6 Å². The van der Waals surface area contributed by atoms with Gasteiger partial charge in [0.2, 0.25) is 5.78 Å². The molecule has 1 heterocycles. The summed E-state index contributed by atoms with van der Waals surface area (Å²) in [7, 11) is 0. The number of carbonyl (C=O) groups is 2. The molecule has 1 amide bonds. The van der Waals surface area contributed by atoms with E-state index in [9.17, 15) is 14.0 Å². The van der Waals surface area contributed by atoms with Gasteiger partial charge in [0.25, 0.3) is 5.91 Å². The molecule has 2 N–H and O–H groups in total. The summed E-state index contributed by atoms with van der Waals surface area (Å²) in [5.74, 6) is -0.967. The van der Waals surface area contributed by atoms with Crippen LogP contribution in [0.3, 0.4) is 0 Å². The number of nitrogens with two attached hydrogens (primary N) is 1. The van der Waals surface area contributed by atoms with E-state index in [1.807, 2.05) is 0 Å². The van der Waals surface area contributed by atoms with Crippen LogP contribution in [0.2, 0.25) is 0 Å². The molecule has 0 spiro atoms. The maximum Gasteiger partial charge on any atom is 0.289 e. The minimum atomic E-state index is -0.982. The molecule has 36 heavy (non-hydrogen) atoms. The van der Waals surface area contributed by atoms with E-state index < -0.39 is 11.7 Å². The molecular weight excluding hydrogens is 455 g/mol. The average molecular weight is 489 g/mol. The summed E-state index contributed by atoms with van der Waals surface area (Å²) in [5.41, 5.74) is 8.25. The number of likely N-dealkylation sites (tertiary alicyclic amines) is 1. The zero-order valence-electron chi connectivity index (χ0n) is 20.5. The lowest BCUT2D eigenvalue weighted by Crippen LogP contribution is -2.22. The molecule has 3 aromatic rings. The van der Waals surface area contributed by atoms with Crippen LogP contribution in [0.1, 0.15) is 48.0 Å². The second kappa shape index (κ2) is 12.5. The highest BCUT2D eigenvalue weighted by Gasteiger charge is 2.23.